The molecule has 0 saturated carbocycles. The minimum absolute atomic E-state index is 0.0543. The average Bonchev–Trinajstić information content (AvgIpc) is 2.67. The fourth-order valence-electron chi connectivity index (χ4n) is 3.52. The van der Waals surface area contributed by atoms with Crippen LogP contribution in [-0.2, 0) is 4.74 Å². The number of rotatable bonds is 7. The van der Waals surface area contributed by atoms with Gasteiger partial charge in [0.25, 0.3) is 0 Å². The zero-order valence-electron chi connectivity index (χ0n) is 15.8. The lowest BCUT2D eigenvalue weighted by Gasteiger charge is -2.24. The maximum atomic E-state index is 14.9. The van der Waals surface area contributed by atoms with Crippen molar-refractivity contribution in [1.29, 1.82) is 0 Å². The van der Waals surface area contributed by atoms with Crippen molar-refractivity contribution >= 4 is 27.9 Å². The average molecular weight is 395 g/mol. The molecule has 0 fully saturated rings. The van der Waals surface area contributed by atoms with Crippen LogP contribution >= 0.6 is 11.6 Å². The number of hydrogen-bond acceptors (Lipinski definition) is 2. The lowest BCUT2D eigenvalue weighted by atomic mass is 9.94. The summed E-state index contributed by atoms with van der Waals surface area (Å²) >= 11 is 6.20. The molecule has 3 rings (SSSR count). The number of allylic oxidation sites excluding steroid dienone is 1. The van der Waals surface area contributed by atoms with Crippen LogP contribution in [0.4, 0.5) is 8.78 Å². The fourth-order valence-corrected chi connectivity index (χ4v) is 3.81. The standard InChI is InChI=1S/C22H25ClF2O2/c1-3-5-6-7-16-10-8-15(13-27-16)17-12-14-9-11-18(26-4-2)22(25)19(14)20(23)21(17)24/h9,11-13,16H,3-8,10H2,1-2H3. The second-order valence-corrected chi connectivity index (χ2v) is 7.27. The Bertz CT molecular complexity index is 848. The predicted molar refractivity (Wildman–Crippen MR) is 106 cm³/mol. The number of unbranched alkanes of at least 4 members (excludes halogenated alkanes) is 2. The maximum Gasteiger partial charge on any atom is 0.174 e. The molecule has 0 spiro atoms. The van der Waals surface area contributed by atoms with E-state index in [-0.39, 0.29) is 22.3 Å². The molecule has 1 unspecified atom stereocenters. The van der Waals surface area contributed by atoms with Gasteiger partial charge in [-0.25, -0.2) is 8.78 Å². The van der Waals surface area contributed by atoms with Crippen molar-refractivity contribution in [2.45, 2.75) is 58.5 Å². The van der Waals surface area contributed by atoms with Gasteiger partial charge in [-0.2, -0.15) is 0 Å². The Hall–Kier alpha value is -1.81. The summed E-state index contributed by atoms with van der Waals surface area (Å²) in [6, 6.07) is 4.90. The van der Waals surface area contributed by atoms with Gasteiger partial charge in [0.05, 0.1) is 24.0 Å². The summed E-state index contributed by atoms with van der Waals surface area (Å²) in [5, 5.41) is 0.384. The summed E-state index contributed by atoms with van der Waals surface area (Å²) in [5.41, 5.74) is 1.14. The number of fused-ring (bicyclic) bond motifs is 1. The van der Waals surface area contributed by atoms with E-state index >= 15 is 0 Å². The van der Waals surface area contributed by atoms with Gasteiger partial charge in [-0.1, -0.05) is 37.4 Å². The van der Waals surface area contributed by atoms with Crippen molar-refractivity contribution < 1.29 is 18.3 Å². The van der Waals surface area contributed by atoms with Gasteiger partial charge >= 0.3 is 0 Å². The van der Waals surface area contributed by atoms with E-state index in [0.29, 0.717) is 17.6 Å². The van der Waals surface area contributed by atoms with Crippen molar-refractivity contribution in [3.05, 3.63) is 46.7 Å². The third-order valence-electron chi connectivity index (χ3n) is 5.00. The zero-order chi connectivity index (χ0) is 19.4. The predicted octanol–water partition coefficient (Wildman–Crippen LogP) is 7.27. The SMILES string of the molecule is CCCCCC1CCC(c2cc3ccc(OCC)c(F)c3c(Cl)c2F)=CO1. The van der Waals surface area contributed by atoms with E-state index in [1.165, 1.54) is 12.8 Å². The van der Waals surface area contributed by atoms with Gasteiger partial charge in [0.2, 0.25) is 0 Å². The van der Waals surface area contributed by atoms with Crippen molar-refractivity contribution in [1.82, 2.24) is 0 Å². The molecule has 0 aliphatic carbocycles. The first-order valence-corrected chi connectivity index (χ1v) is 10.0. The minimum Gasteiger partial charge on any atom is -0.498 e. The van der Waals surface area contributed by atoms with Gasteiger partial charge in [-0.05, 0) is 55.7 Å². The van der Waals surface area contributed by atoms with Gasteiger partial charge < -0.3 is 9.47 Å². The molecule has 2 aromatic rings. The number of ether oxygens (including phenoxy) is 2. The Labute approximate surface area is 164 Å². The molecule has 1 aliphatic heterocycles. The Morgan fingerprint density at radius 3 is 2.67 bits per heavy atom. The third kappa shape index (κ3) is 4.21. The van der Waals surface area contributed by atoms with Gasteiger partial charge in [0, 0.05) is 10.9 Å². The van der Waals surface area contributed by atoms with Crippen molar-refractivity contribution in [2.75, 3.05) is 6.61 Å². The van der Waals surface area contributed by atoms with Gasteiger partial charge in [0.1, 0.15) is 5.82 Å². The monoisotopic (exact) mass is 394 g/mol. The molecule has 2 nitrogen and oxygen atoms in total. The van der Waals surface area contributed by atoms with Crippen molar-refractivity contribution in [2.24, 2.45) is 0 Å². The third-order valence-corrected chi connectivity index (χ3v) is 5.36. The Kier molecular flexibility index (Phi) is 6.59. The highest BCUT2D eigenvalue weighted by molar-refractivity contribution is 6.36. The van der Waals surface area contributed by atoms with Crippen LogP contribution in [-0.4, -0.2) is 12.7 Å². The lowest BCUT2D eigenvalue weighted by molar-refractivity contribution is 0.116. The summed E-state index contributed by atoms with van der Waals surface area (Å²) in [4.78, 5) is 0. The molecular weight excluding hydrogens is 370 g/mol. The molecule has 1 aliphatic rings. The molecule has 0 saturated heterocycles. The summed E-state index contributed by atoms with van der Waals surface area (Å²) in [6.45, 7) is 4.26. The molecule has 0 bridgehead atoms. The van der Waals surface area contributed by atoms with Crippen LogP contribution < -0.4 is 4.74 Å². The summed E-state index contributed by atoms with van der Waals surface area (Å²) in [6.07, 6.45) is 7.93. The van der Waals surface area contributed by atoms with Crippen LogP contribution in [0.2, 0.25) is 5.02 Å². The molecule has 0 aromatic heterocycles. The number of hydrogen-bond donors (Lipinski definition) is 0. The quantitative estimate of drug-likeness (QED) is 0.459. The van der Waals surface area contributed by atoms with E-state index in [4.69, 9.17) is 21.1 Å². The molecule has 0 radical (unpaired) electrons. The first kappa shape index (κ1) is 19.9. The van der Waals surface area contributed by atoms with Crippen LogP contribution in [0.3, 0.4) is 0 Å². The summed E-state index contributed by atoms with van der Waals surface area (Å²) in [5.74, 6) is -1.17. The van der Waals surface area contributed by atoms with Crippen LogP contribution in [0.5, 0.6) is 5.75 Å². The molecule has 0 amide bonds. The van der Waals surface area contributed by atoms with Crippen LogP contribution in [0.25, 0.3) is 16.3 Å². The van der Waals surface area contributed by atoms with Crippen molar-refractivity contribution in [3.8, 4) is 5.75 Å². The molecule has 1 heterocycles. The van der Waals surface area contributed by atoms with Gasteiger partial charge in [-0.15, -0.1) is 0 Å². The highest BCUT2D eigenvalue weighted by Crippen LogP contribution is 2.39. The lowest BCUT2D eigenvalue weighted by Crippen LogP contribution is -2.14. The first-order chi connectivity index (χ1) is 13.1. The normalized spacial score (nSPS) is 16.9. The van der Waals surface area contributed by atoms with E-state index in [9.17, 15) is 8.78 Å². The smallest absolute Gasteiger partial charge is 0.174 e. The Morgan fingerprint density at radius 2 is 2.00 bits per heavy atom. The van der Waals surface area contributed by atoms with Crippen molar-refractivity contribution in [3.63, 3.8) is 0 Å². The second kappa shape index (κ2) is 8.92. The molecular formula is C22H25ClF2O2. The molecule has 27 heavy (non-hydrogen) atoms. The molecule has 2 aromatic carbocycles. The second-order valence-electron chi connectivity index (χ2n) is 6.90. The zero-order valence-corrected chi connectivity index (χ0v) is 16.5. The van der Waals surface area contributed by atoms with E-state index in [1.807, 2.05) is 0 Å². The fraction of sp³-hybridized carbons (Fsp3) is 0.455. The van der Waals surface area contributed by atoms with Crippen LogP contribution in [0.1, 0.15) is 57.9 Å². The number of halogens is 3. The number of benzene rings is 2. The van der Waals surface area contributed by atoms with Crippen LogP contribution in [0, 0.1) is 11.6 Å². The highest BCUT2D eigenvalue weighted by atomic mass is 35.5. The topological polar surface area (TPSA) is 18.5 Å². The summed E-state index contributed by atoms with van der Waals surface area (Å²) < 4.78 is 40.6. The van der Waals surface area contributed by atoms with E-state index < -0.39 is 11.6 Å². The van der Waals surface area contributed by atoms with E-state index in [1.54, 1.807) is 31.4 Å². The maximum absolute atomic E-state index is 14.9. The van der Waals surface area contributed by atoms with Gasteiger partial charge in [-0.3, -0.25) is 0 Å². The molecule has 1 atom stereocenters. The molecule has 146 valence electrons. The highest BCUT2D eigenvalue weighted by Gasteiger charge is 2.23. The minimum atomic E-state index is -0.630. The molecule has 0 N–H and O–H groups in total. The van der Waals surface area contributed by atoms with Gasteiger partial charge in [0.15, 0.2) is 11.6 Å². The first-order valence-electron chi connectivity index (χ1n) is 9.64. The van der Waals surface area contributed by atoms with E-state index in [0.717, 1.165) is 31.3 Å². The Balaban J connectivity index is 1.90. The molecule has 5 heteroatoms. The summed E-state index contributed by atoms with van der Waals surface area (Å²) in [7, 11) is 0. The Morgan fingerprint density at radius 1 is 1.19 bits per heavy atom. The van der Waals surface area contributed by atoms with E-state index in [2.05, 4.69) is 6.92 Å². The largest absolute Gasteiger partial charge is 0.498 e. The van der Waals surface area contributed by atoms with Crippen LogP contribution in [0.15, 0.2) is 24.5 Å².